The number of hydrogen-bond acceptors (Lipinski definition) is 4. The standard InChI is InChI=1S/C21H31N7.HI/c1-16-23-11-13-28(16)20-17(6-5-10-24-20)14-25-21(22-2)26-18-9-12-27(15-18)19-7-3-4-8-19;/h5-6,10-11,13,18-19H,3-4,7-9,12,14-15H2,1-2H3,(H2,22,25,26);1H. The molecule has 1 atom stereocenters. The third kappa shape index (κ3) is 5.28. The Kier molecular flexibility index (Phi) is 7.88. The molecule has 0 bridgehead atoms. The minimum absolute atomic E-state index is 0. The van der Waals surface area contributed by atoms with E-state index in [0.29, 0.717) is 12.6 Å². The van der Waals surface area contributed by atoms with Gasteiger partial charge in [-0.25, -0.2) is 9.97 Å². The molecule has 3 heterocycles. The molecular formula is C21H32IN7. The van der Waals surface area contributed by atoms with Gasteiger partial charge in [-0.3, -0.25) is 14.5 Å². The first-order valence-corrected chi connectivity index (χ1v) is 10.4. The van der Waals surface area contributed by atoms with Gasteiger partial charge in [0.2, 0.25) is 0 Å². The third-order valence-electron chi connectivity index (χ3n) is 5.99. The predicted molar refractivity (Wildman–Crippen MR) is 127 cm³/mol. The van der Waals surface area contributed by atoms with Gasteiger partial charge in [-0.2, -0.15) is 0 Å². The second kappa shape index (κ2) is 10.4. The number of aryl methyl sites for hydroxylation is 1. The van der Waals surface area contributed by atoms with Crippen molar-refractivity contribution in [3.05, 3.63) is 42.1 Å². The van der Waals surface area contributed by atoms with Gasteiger partial charge < -0.3 is 10.6 Å². The highest BCUT2D eigenvalue weighted by molar-refractivity contribution is 14.0. The van der Waals surface area contributed by atoms with E-state index < -0.39 is 0 Å². The van der Waals surface area contributed by atoms with E-state index in [-0.39, 0.29) is 24.0 Å². The zero-order valence-corrected chi connectivity index (χ0v) is 19.7. The molecule has 2 aromatic rings. The van der Waals surface area contributed by atoms with Crippen LogP contribution in [0, 0.1) is 6.92 Å². The van der Waals surface area contributed by atoms with Crippen LogP contribution in [-0.4, -0.2) is 57.6 Å². The Bertz CT molecular complexity index is 813. The Hall–Kier alpha value is -1.68. The summed E-state index contributed by atoms with van der Waals surface area (Å²) in [6.45, 7) is 4.98. The molecule has 0 amide bonds. The minimum atomic E-state index is 0. The number of aromatic nitrogens is 3. The fraction of sp³-hybridized carbons (Fsp3) is 0.571. The summed E-state index contributed by atoms with van der Waals surface area (Å²) >= 11 is 0. The smallest absolute Gasteiger partial charge is 0.191 e. The molecule has 2 aliphatic rings. The van der Waals surface area contributed by atoms with Crippen molar-refractivity contribution in [3.63, 3.8) is 0 Å². The summed E-state index contributed by atoms with van der Waals surface area (Å²) in [5.74, 6) is 2.70. The number of guanidine groups is 1. The number of rotatable bonds is 5. The third-order valence-corrected chi connectivity index (χ3v) is 5.99. The molecule has 0 aromatic carbocycles. The molecule has 29 heavy (non-hydrogen) atoms. The maximum atomic E-state index is 4.56. The maximum absolute atomic E-state index is 4.56. The lowest BCUT2D eigenvalue weighted by molar-refractivity contribution is 0.242. The van der Waals surface area contributed by atoms with Crippen molar-refractivity contribution in [2.24, 2.45) is 4.99 Å². The molecule has 8 heteroatoms. The Balaban J connectivity index is 0.00000240. The number of aliphatic imine (C=N–C) groups is 1. The summed E-state index contributed by atoms with van der Waals surface area (Å²) in [4.78, 5) is 16.0. The molecule has 7 nitrogen and oxygen atoms in total. The van der Waals surface area contributed by atoms with E-state index in [1.165, 1.54) is 38.6 Å². The van der Waals surface area contributed by atoms with Crippen LogP contribution in [0.3, 0.4) is 0 Å². The van der Waals surface area contributed by atoms with Gasteiger partial charge in [0.15, 0.2) is 5.96 Å². The minimum Gasteiger partial charge on any atom is -0.352 e. The summed E-state index contributed by atoms with van der Waals surface area (Å²) in [5, 5.41) is 7.08. The van der Waals surface area contributed by atoms with Gasteiger partial charge in [-0.05, 0) is 32.3 Å². The Morgan fingerprint density at radius 3 is 2.76 bits per heavy atom. The fourth-order valence-corrected chi connectivity index (χ4v) is 4.46. The lowest BCUT2D eigenvalue weighted by Crippen LogP contribution is -2.45. The van der Waals surface area contributed by atoms with Gasteiger partial charge in [-0.1, -0.05) is 18.9 Å². The predicted octanol–water partition coefficient (Wildman–Crippen LogP) is 2.88. The number of halogens is 1. The molecule has 1 aliphatic carbocycles. The number of nitrogens with zero attached hydrogens (tertiary/aromatic N) is 5. The van der Waals surface area contributed by atoms with Crippen LogP contribution >= 0.6 is 24.0 Å². The van der Waals surface area contributed by atoms with Crippen LogP contribution < -0.4 is 10.6 Å². The number of imidazole rings is 1. The van der Waals surface area contributed by atoms with Gasteiger partial charge in [-0.15, -0.1) is 24.0 Å². The van der Waals surface area contributed by atoms with E-state index in [0.717, 1.165) is 35.8 Å². The topological polar surface area (TPSA) is 70.4 Å². The first-order valence-electron chi connectivity index (χ1n) is 10.4. The van der Waals surface area contributed by atoms with E-state index in [4.69, 9.17) is 0 Å². The maximum Gasteiger partial charge on any atom is 0.191 e. The molecule has 1 saturated carbocycles. The van der Waals surface area contributed by atoms with Crippen LogP contribution in [0.1, 0.15) is 43.5 Å². The number of likely N-dealkylation sites (tertiary alicyclic amines) is 1. The van der Waals surface area contributed by atoms with Crippen LogP contribution in [0.5, 0.6) is 0 Å². The van der Waals surface area contributed by atoms with Gasteiger partial charge >= 0.3 is 0 Å². The average Bonchev–Trinajstić information content (AvgIpc) is 3.47. The molecule has 0 spiro atoms. The Labute approximate surface area is 190 Å². The van der Waals surface area contributed by atoms with Crippen molar-refractivity contribution < 1.29 is 0 Å². The Morgan fingerprint density at radius 2 is 2.03 bits per heavy atom. The largest absolute Gasteiger partial charge is 0.352 e. The molecule has 1 aliphatic heterocycles. The molecule has 1 unspecified atom stereocenters. The van der Waals surface area contributed by atoms with Gasteiger partial charge in [0.05, 0.1) is 0 Å². The lowest BCUT2D eigenvalue weighted by atomic mass is 10.2. The summed E-state index contributed by atoms with van der Waals surface area (Å²) in [6, 6.07) is 5.34. The van der Waals surface area contributed by atoms with Crippen molar-refractivity contribution in [2.75, 3.05) is 20.1 Å². The van der Waals surface area contributed by atoms with Gasteiger partial charge in [0, 0.05) is 62.9 Å². The second-order valence-corrected chi connectivity index (χ2v) is 7.82. The van der Waals surface area contributed by atoms with E-state index >= 15 is 0 Å². The monoisotopic (exact) mass is 509 g/mol. The van der Waals surface area contributed by atoms with E-state index in [9.17, 15) is 0 Å². The molecule has 1 saturated heterocycles. The molecule has 0 radical (unpaired) electrons. The van der Waals surface area contributed by atoms with E-state index in [1.807, 2.05) is 37.0 Å². The van der Waals surface area contributed by atoms with Crippen LogP contribution in [0.2, 0.25) is 0 Å². The molecule has 2 aromatic heterocycles. The fourth-order valence-electron chi connectivity index (χ4n) is 4.46. The van der Waals surface area contributed by atoms with E-state index in [1.54, 1.807) is 6.20 Å². The SMILES string of the molecule is CN=C(NCc1cccnc1-n1ccnc1C)NC1CCN(C2CCCC2)C1.I. The van der Waals surface area contributed by atoms with Crippen molar-refractivity contribution in [1.29, 1.82) is 0 Å². The normalized spacial score (nSPS) is 20.6. The van der Waals surface area contributed by atoms with Crippen molar-refractivity contribution in [3.8, 4) is 5.82 Å². The van der Waals surface area contributed by atoms with Crippen LogP contribution in [0.15, 0.2) is 35.7 Å². The highest BCUT2D eigenvalue weighted by Gasteiger charge is 2.30. The van der Waals surface area contributed by atoms with Crippen LogP contribution in [0.25, 0.3) is 5.82 Å². The van der Waals surface area contributed by atoms with Crippen LogP contribution in [-0.2, 0) is 6.54 Å². The molecule has 4 rings (SSSR count). The highest BCUT2D eigenvalue weighted by Crippen LogP contribution is 2.26. The quantitative estimate of drug-likeness (QED) is 0.369. The molecule has 158 valence electrons. The number of nitrogens with one attached hydrogen (secondary N) is 2. The van der Waals surface area contributed by atoms with Crippen LogP contribution in [0.4, 0.5) is 0 Å². The summed E-state index contributed by atoms with van der Waals surface area (Å²) in [7, 11) is 1.84. The van der Waals surface area contributed by atoms with Gasteiger partial charge in [0.25, 0.3) is 0 Å². The molecule has 2 N–H and O–H groups in total. The van der Waals surface area contributed by atoms with E-state index in [2.05, 4.69) is 36.6 Å². The number of pyridine rings is 1. The molecule has 2 fully saturated rings. The summed E-state index contributed by atoms with van der Waals surface area (Å²) < 4.78 is 2.02. The average molecular weight is 509 g/mol. The first-order chi connectivity index (χ1) is 13.7. The zero-order chi connectivity index (χ0) is 19.3. The highest BCUT2D eigenvalue weighted by atomic mass is 127. The van der Waals surface area contributed by atoms with Gasteiger partial charge in [0.1, 0.15) is 11.6 Å². The van der Waals surface area contributed by atoms with Crippen molar-refractivity contribution >= 4 is 29.9 Å². The first kappa shape index (κ1) is 22.0. The van der Waals surface area contributed by atoms with Crippen molar-refractivity contribution in [1.82, 2.24) is 30.1 Å². The Morgan fingerprint density at radius 1 is 1.21 bits per heavy atom. The zero-order valence-electron chi connectivity index (χ0n) is 17.3. The molecular weight excluding hydrogens is 477 g/mol. The lowest BCUT2D eigenvalue weighted by Gasteiger charge is -2.24. The number of hydrogen-bond donors (Lipinski definition) is 2. The second-order valence-electron chi connectivity index (χ2n) is 7.82. The van der Waals surface area contributed by atoms with Crippen molar-refractivity contribution in [2.45, 2.75) is 57.7 Å². The summed E-state index contributed by atoms with van der Waals surface area (Å²) in [5.41, 5.74) is 1.12. The summed E-state index contributed by atoms with van der Waals surface area (Å²) in [6.07, 6.45) is 12.3.